The van der Waals surface area contributed by atoms with Gasteiger partial charge in [0.25, 0.3) is 0 Å². The number of piperidine rings is 1. The van der Waals surface area contributed by atoms with Crippen molar-refractivity contribution in [1.29, 1.82) is 0 Å². The van der Waals surface area contributed by atoms with Crippen LogP contribution in [0.3, 0.4) is 0 Å². The van der Waals surface area contributed by atoms with Crippen molar-refractivity contribution in [2.45, 2.75) is 31.9 Å². The monoisotopic (exact) mass is 367 g/mol. The van der Waals surface area contributed by atoms with Gasteiger partial charge >= 0.3 is 0 Å². The van der Waals surface area contributed by atoms with Gasteiger partial charge in [0.15, 0.2) is 0 Å². The highest BCUT2D eigenvalue weighted by Crippen LogP contribution is 2.23. The Kier molecular flexibility index (Phi) is 4.79. The molecule has 1 atom stereocenters. The number of para-hydroxylation sites is 2. The molecule has 1 amide bonds. The summed E-state index contributed by atoms with van der Waals surface area (Å²) in [4.78, 5) is 19.2. The Hall–Kier alpha value is -2.89. The highest BCUT2D eigenvalue weighted by atomic mass is 19.1. The summed E-state index contributed by atoms with van der Waals surface area (Å²) in [6.07, 6.45) is 3.31. The molecule has 0 aliphatic carbocycles. The molecule has 3 aromatic rings. The Morgan fingerprint density at radius 3 is 2.59 bits per heavy atom. The zero-order chi connectivity index (χ0) is 18.8. The number of fused-ring (bicyclic) bond motifs is 1. The Balaban J connectivity index is 1.37. The minimum Gasteiger partial charge on any atom is -0.490 e. The lowest BCUT2D eigenvalue weighted by molar-refractivity contribution is -0.136. The van der Waals surface area contributed by atoms with Gasteiger partial charge in [0.05, 0.1) is 17.4 Å². The highest BCUT2D eigenvalue weighted by Gasteiger charge is 2.28. The van der Waals surface area contributed by atoms with Crippen LogP contribution in [0.2, 0.25) is 0 Å². The quantitative estimate of drug-likeness (QED) is 0.705. The third kappa shape index (κ3) is 3.65. The lowest BCUT2D eigenvalue weighted by Gasteiger charge is -2.34. The SMILES string of the molecule is C[C@H](C(=O)N1CCC(Oc2ccc(F)cc2)CC1)n1cnc2ccccc21. The Bertz CT molecular complexity index is 930. The van der Waals surface area contributed by atoms with E-state index < -0.39 is 0 Å². The number of ether oxygens (including phenoxy) is 1. The van der Waals surface area contributed by atoms with Gasteiger partial charge in [-0.3, -0.25) is 4.79 Å². The first kappa shape index (κ1) is 17.5. The summed E-state index contributed by atoms with van der Waals surface area (Å²) in [5.41, 5.74) is 1.86. The second kappa shape index (κ2) is 7.39. The molecular weight excluding hydrogens is 345 g/mol. The van der Waals surface area contributed by atoms with E-state index in [1.807, 2.05) is 40.7 Å². The molecular formula is C21H22FN3O2. The van der Waals surface area contributed by atoms with Gasteiger partial charge in [0.1, 0.15) is 23.7 Å². The summed E-state index contributed by atoms with van der Waals surface area (Å²) >= 11 is 0. The molecule has 4 rings (SSSR count). The molecule has 2 heterocycles. The van der Waals surface area contributed by atoms with Gasteiger partial charge < -0.3 is 14.2 Å². The van der Waals surface area contributed by atoms with Crippen molar-refractivity contribution >= 4 is 16.9 Å². The summed E-state index contributed by atoms with van der Waals surface area (Å²) in [5, 5.41) is 0. The van der Waals surface area contributed by atoms with E-state index in [0.29, 0.717) is 18.8 Å². The van der Waals surface area contributed by atoms with Crippen molar-refractivity contribution in [3.63, 3.8) is 0 Å². The average Bonchev–Trinajstić information content (AvgIpc) is 3.13. The zero-order valence-corrected chi connectivity index (χ0v) is 15.2. The molecule has 0 radical (unpaired) electrons. The number of amides is 1. The minimum absolute atomic E-state index is 0.0453. The minimum atomic E-state index is -0.299. The number of hydrogen-bond donors (Lipinski definition) is 0. The van der Waals surface area contributed by atoms with E-state index in [4.69, 9.17) is 4.74 Å². The molecule has 0 unspecified atom stereocenters. The summed E-state index contributed by atoms with van der Waals surface area (Å²) in [6.45, 7) is 3.22. The van der Waals surface area contributed by atoms with Crippen molar-refractivity contribution in [1.82, 2.24) is 14.5 Å². The van der Waals surface area contributed by atoms with Crippen molar-refractivity contribution in [3.05, 3.63) is 60.7 Å². The van der Waals surface area contributed by atoms with Crippen LogP contribution in [-0.4, -0.2) is 39.6 Å². The maximum Gasteiger partial charge on any atom is 0.245 e. The Morgan fingerprint density at radius 2 is 1.85 bits per heavy atom. The molecule has 0 spiro atoms. The first-order valence-corrected chi connectivity index (χ1v) is 9.24. The van der Waals surface area contributed by atoms with Crippen LogP contribution in [0.25, 0.3) is 11.0 Å². The zero-order valence-electron chi connectivity index (χ0n) is 15.2. The van der Waals surface area contributed by atoms with Gasteiger partial charge in [0.2, 0.25) is 5.91 Å². The van der Waals surface area contributed by atoms with Crippen LogP contribution in [0.1, 0.15) is 25.8 Å². The van der Waals surface area contributed by atoms with E-state index in [-0.39, 0.29) is 23.9 Å². The summed E-state index contributed by atoms with van der Waals surface area (Å²) in [7, 11) is 0. The fraction of sp³-hybridized carbons (Fsp3) is 0.333. The van der Waals surface area contributed by atoms with E-state index in [2.05, 4.69) is 4.98 Å². The molecule has 2 aromatic carbocycles. The number of likely N-dealkylation sites (tertiary alicyclic amines) is 1. The number of hydrogen-bond acceptors (Lipinski definition) is 3. The standard InChI is InChI=1S/C21H22FN3O2/c1-15(25-14-23-19-4-2-3-5-20(19)25)21(26)24-12-10-18(11-13-24)27-17-8-6-16(22)7-9-17/h2-9,14-15,18H,10-13H2,1H3/t15-/m1/s1. The maximum atomic E-state index is 13.0. The molecule has 5 nitrogen and oxygen atoms in total. The second-order valence-electron chi connectivity index (χ2n) is 6.91. The molecule has 0 bridgehead atoms. The van der Waals surface area contributed by atoms with E-state index in [0.717, 1.165) is 23.9 Å². The highest BCUT2D eigenvalue weighted by molar-refractivity contribution is 5.83. The third-order valence-electron chi connectivity index (χ3n) is 5.13. The van der Waals surface area contributed by atoms with Crippen LogP contribution < -0.4 is 4.74 Å². The molecule has 1 fully saturated rings. The molecule has 6 heteroatoms. The number of aromatic nitrogens is 2. The van der Waals surface area contributed by atoms with Crippen LogP contribution in [-0.2, 0) is 4.79 Å². The maximum absolute atomic E-state index is 13.0. The van der Waals surface area contributed by atoms with Gasteiger partial charge in [-0.25, -0.2) is 9.37 Å². The topological polar surface area (TPSA) is 47.4 Å². The molecule has 1 aliphatic rings. The van der Waals surface area contributed by atoms with Crippen LogP contribution in [0.4, 0.5) is 4.39 Å². The Morgan fingerprint density at radius 1 is 1.15 bits per heavy atom. The fourth-order valence-corrected chi connectivity index (χ4v) is 3.57. The van der Waals surface area contributed by atoms with Gasteiger partial charge in [-0.15, -0.1) is 0 Å². The lowest BCUT2D eigenvalue weighted by atomic mass is 10.1. The number of imidazole rings is 1. The molecule has 0 saturated carbocycles. The van der Waals surface area contributed by atoms with Crippen LogP contribution in [0, 0.1) is 5.82 Å². The number of carbonyl (C=O) groups excluding carboxylic acids is 1. The smallest absolute Gasteiger partial charge is 0.245 e. The van der Waals surface area contributed by atoms with Crippen LogP contribution in [0.15, 0.2) is 54.9 Å². The van der Waals surface area contributed by atoms with Crippen LogP contribution >= 0.6 is 0 Å². The van der Waals surface area contributed by atoms with E-state index >= 15 is 0 Å². The summed E-state index contributed by atoms with van der Waals surface area (Å²) in [6, 6.07) is 13.6. The van der Waals surface area contributed by atoms with Crippen molar-refractivity contribution in [2.24, 2.45) is 0 Å². The number of benzene rings is 2. The first-order valence-electron chi connectivity index (χ1n) is 9.24. The normalized spacial score (nSPS) is 16.4. The predicted octanol–water partition coefficient (Wildman–Crippen LogP) is 3.81. The Labute approximate surface area is 157 Å². The summed E-state index contributed by atoms with van der Waals surface area (Å²) in [5.74, 6) is 0.488. The van der Waals surface area contributed by atoms with Crippen molar-refractivity contribution in [3.8, 4) is 5.75 Å². The molecule has 1 aromatic heterocycles. The van der Waals surface area contributed by atoms with Gasteiger partial charge in [-0.1, -0.05) is 12.1 Å². The largest absolute Gasteiger partial charge is 0.490 e. The average molecular weight is 367 g/mol. The van der Waals surface area contributed by atoms with E-state index in [1.54, 1.807) is 18.5 Å². The third-order valence-corrected chi connectivity index (χ3v) is 5.13. The molecule has 1 saturated heterocycles. The second-order valence-corrected chi connectivity index (χ2v) is 6.91. The number of nitrogens with zero attached hydrogens (tertiary/aromatic N) is 3. The van der Waals surface area contributed by atoms with Crippen LogP contribution in [0.5, 0.6) is 5.75 Å². The number of rotatable bonds is 4. The van der Waals surface area contributed by atoms with Crippen molar-refractivity contribution < 1.29 is 13.9 Å². The summed E-state index contributed by atoms with van der Waals surface area (Å²) < 4.78 is 20.8. The van der Waals surface area contributed by atoms with E-state index in [1.165, 1.54) is 12.1 Å². The van der Waals surface area contributed by atoms with Gasteiger partial charge in [-0.05, 0) is 43.3 Å². The van der Waals surface area contributed by atoms with Gasteiger partial charge in [-0.2, -0.15) is 0 Å². The van der Waals surface area contributed by atoms with Gasteiger partial charge in [0, 0.05) is 25.9 Å². The van der Waals surface area contributed by atoms with E-state index in [9.17, 15) is 9.18 Å². The number of halogens is 1. The number of carbonyl (C=O) groups is 1. The molecule has 140 valence electrons. The lowest BCUT2D eigenvalue weighted by Crippen LogP contribution is -2.44. The first-order chi connectivity index (χ1) is 13.1. The fourth-order valence-electron chi connectivity index (χ4n) is 3.57. The van der Waals surface area contributed by atoms with Crippen molar-refractivity contribution in [2.75, 3.05) is 13.1 Å². The molecule has 27 heavy (non-hydrogen) atoms. The predicted molar refractivity (Wildman–Crippen MR) is 101 cm³/mol. The molecule has 0 N–H and O–H groups in total. The molecule has 1 aliphatic heterocycles.